The number of piperazine rings is 1. The van der Waals surface area contributed by atoms with Crippen LogP contribution in [0.25, 0.3) is 0 Å². The Hall–Kier alpha value is -1.44. The molecule has 138 valence electrons. The van der Waals surface area contributed by atoms with Gasteiger partial charge >= 0.3 is 0 Å². The van der Waals surface area contributed by atoms with Gasteiger partial charge in [-0.3, -0.25) is 9.69 Å². The fourth-order valence-corrected chi connectivity index (χ4v) is 4.91. The summed E-state index contributed by atoms with van der Waals surface area (Å²) in [4.78, 5) is 24.3. The summed E-state index contributed by atoms with van der Waals surface area (Å²) in [5.74, 6) is 0.103. The zero-order valence-corrected chi connectivity index (χ0v) is 17.1. The maximum absolute atomic E-state index is 12.7. The Labute approximate surface area is 166 Å². The highest BCUT2D eigenvalue weighted by Crippen LogP contribution is 2.25. The molecule has 0 aliphatic carbocycles. The number of carbonyl (C=O) groups is 1. The first-order valence-corrected chi connectivity index (χ1v) is 10.8. The predicted octanol–water partition coefficient (Wildman–Crippen LogP) is 3.46. The molecule has 2 saturated heterocycles. The Morgan fingerprint density at radius 3 is 2.54 bits per heavy atom. The number of hydrogen-bond donors (Lipinski definition) is 0. The van der Waals surface area contributed by atoms with Crippen molar-refractivity contribution in [2.45, 2.75) is 19.4 Å². The van der Waals surface area contributed by atoms with E-state index >= 15 is 0 Å². The number of anilines is 1. The number of thiazole rings is 1. The summed E-state index contributed by atoms with van der Waals surface area (Å²) in [6.07, 6.45) is 2.62. The first-order valence-electron chi connectivity index (χ1n) is 9.16. The van der Waals surface area contributed by atoms with Gasteiger partial charge in [-0.25, -0.2) is 4.98 Å². The van der Waals surface area contributed by atoms with Crippen molar-refractivity contribution in [2.24, 2.45) is 0 Å². The van der Waals surface area contributed by atoms with Crippen LogP contribution in [0.15, 0.2) is 34.1 Å². The van der Waals surface area contributed by atoms with E-state index < -0.39 is 0 Å². The van der Waals surface area contributed by atoms with Crippen molar-refractivity contribution >= 4 is 38.3 Å². The van der Waals surface area contributed by atoms with Crippen molar-refractivity contribution in [3.63, 3.8) is 0 Å². The Morgan fingerprint density at radius 2 is 1.81 bits per heavy atom. The first kappa shape index (κ1) is 17.9. The molecule has 0 radical (unpaired) electrons. The Bertz CT molecular complexity index is 766. The molecular weight excluding hydrogens is 412 g/mol. The molecule has 0 saturated carbocycles. The molecule has 1 aromatic heterocycles. The van der Waals surface area contributed by atoms with E-state index in [2.05, 4.69) is 31.1 Å². The number of halogens is 1. The summed E-state index contributed by atoms with van der Waals surface area (Å²) in [6, 6.07) is 7.64. The normalized spacial score (nSPS) is 18.5. The molecule has 5 nitrogen and oxygen atoms in total. The number of benzene rings is 1. The molecule has 2 aliphatic rings. The summed E-state index contributed by atoms with van der Waals surface area (Å²) in [5.41, 5.74) is 1.92. The van der Waals surface area contributed by atoms with E-state index in [-0.39, 0.29) is 5.91 Å². The van der Waals surface area contributed by atoms with Gasteiger partial charge in [-0.1, -0.05) is 12.1 Å². The van der Waals surface area contributed by atoms with Gasteiger partial charge in [-0.2, -0.15) is 0 Å². The van der Waals surface area contributed by atoms with E-state index in [1.165, 1.54) is 31.6 Å². The number of aromatic nitrogens is 1. The van der Waals surface area contributed by atoms with Crippen LogP contribution < -0.4 is 4.90 Å². The standard InChI is InChI=1S/C19H23BrN4OS/c20-17-6-2-1-5-16(17)18(25)23-9-11-24(12-10-23)19-21-15(14-26-19)13-22-7-3-4-8-22/h1-2,5-6,14H,3-4,7-13H2. The van der Waals surface area contributed by atoms with Crippen molar-refractivity contribution in [2.75, 3.05) is 44.2 Å². The van der Waals surface area contributed by atoms with Gasteiger partial charge in [0.15, 0.2) is 5.13 Å². The van der Waals surface area contributed by atoms with Gasteiger partial charge in [-0.15, -0.1) is 11.3 Å². The lowest BCUT2D eigenvalue weighted by Crippen LogP contribution is -2.48. The molecular formula is C19H23BrN4OS. The van der Waals surface area contributed by atoms with Crippen molar-refractivity contribution in [1.82, 2.24) is 14.8 Å². The molecule has 0 spiro atoms. The first-order chi connectivity index (χ1) is 12.7. The van der Waals surface area contributed by atoms with Crippen LogP contribution in [0.5, 0.6) is 0 Å². The van der Waals surface area contributed by atoms with Gasteiger partial charge in [0.05, 0.1) is 11.3 Å². The number of nitrogens with zero attached hydrogens (tertiary/aromatic N) is 4. The summed E-state index contributed by atoms with van der Waals surface area (Å²) >= 11 is 5.21. The molecule has 2 aromatic rings. The smallest absolute Gasteiger partial charge is 0.255 e. The number of hydrogen-bond acceptors (Lipinski definition) is 5. The van der Waals surface area contributed by atoms with Crippen LogP contribution in [0.2, 0.25) is 0 Å². The van der Waals surface area contributed by atoms with Crippen LogP contribution in [-0.2, 0) is 6.54 Å². The summed E-state index contributed by atoms with van der Waals surface area (Å²) in [5, 5.41) is 3.28. The average Bonchev–Trinajstić information content (AvgIpc) is 3.34. The van der Waals surface area contributed by atoms with Gasteiger partial charge in [0.2, 0.25) is 0 Å². The number of amides is 1. The van der Waals surface area contributed by atoms with Crippen LogP contribution in [-0.4, -0.2) is 60.0 Å². The molecule has 2 aliphatic heterocycles. The minimum absolute atomic E-state index is 0.103. The Balaban J connectivity index is 1.34. The number of rotatable bonds is 4. The molecule has 26 heavy (non-hydrogen) atoms. The lowest BCUT2D eigenvalue weighted by molar-refractivity contribution is 0.0746. The van der Waals surface area contributed by atoms with Gasteiger partial charge in [0.1, 0.15) is 0 Å². The second kappa shape index (κ2) is 8.06. The van der Waals surface area contributed by atoms with Crippen LogP contribution in [0, 0.1) is 0 Å². The van der Waals surface area contributed by atoms with Crippen LogP contribution >= 0.6 is 27.3 Å². The lowest BCUT2D eigenvalue weighted by atomic mass is 10.2. The van der Waals surface area contributed by atoms with Crippen molar-refractivity contribution < 1.29 is 4.79 Å². The van der Waals surface area contributed by atoms with Crippen molar-refractivity contribution in [3.05, 3.63) is 45.4 Å². The molecule has 3 heterocycles. The fraction of sp³-hybridized carbons (Fsp3) is 0.474. The van der Waals surface area contributed by atoms with Gasteiger partial charge in [0, 0.05) is 42.6 Å². The highest BCUT2D eigenvalue weighted by atomic mass is 79.9. The molecule has 0 atom stereocenters. The zero-order valence-electron chi connectivity index (χ0n) is 14.7. The average molecular weight is 435 g/mol. The third-order valence-electron chi connectivity index (χ3n) is 5.07. The zero-order chi connectivity index (χ0) is 17.9. The highest BCUT2D eigenvalue weighted by Gasteiger charge is 2.25. The quantitative estimate of drug-likeness (QED) is 0.738. The van der Waals surface area contributed by atoms with Crippen LogP contribution in [0.1, 0.15) is 28.9 Å². The second-order valence-corrected chi connectivity index (χ2v) is 8.55. The van der Waals surface area contributed by atoms with Crippen molar-refractivity contribution in [3.8, 4) is 0 Å². The van der Waals surface area contributed by atoms with Crippen LogP contribution in [0.4, 0.5) is 5.13 Å². The second-order valence-electron chi connectivity index (χ2n) is 6.86. The molecule has 0 bridgehead atoms. The topological polar surface area (TPSA) is 39.7 Å². The lowest BCUT2D eigenvalue weighted by Gasteiger charge is -2.34. The summed E-state index contributed by atoms with van der Waals surface area (Å²) in [7, 11) is 0. The summed E-state index contributed by atoms with van der Waals surface area (Å²) in [6.45, 7) is 6.52. The molecule has 1 aromatic carbocycles. The SMILES string of the molecule is O=C(c1ccccc1Br)N1CCN(c2nc(CN3CCCC3)cs2)CC1. The minimum atomic E-state index is 0.103. The van der Waals surface area contributed by atoms with Crippen LogP contribution in [0.3, 0.4) is 0 Å². The van der Waals surface area contributed by atoms with E-state index in [0.29, 0.717) is 0 Å². The number of likely N-dealkylation sites (tertiary alicyclic amines) is 1. The predicted molar refractivity (Wildman–Crippen MR) is 109 cm³/mol. The molecule has 2 fully saturated rings. The van der Waals surface area contributed by atoms with Gasteiger partial charge in [0.25, 0.3) is 5.91 Å². The molecule has 0 unspecified atom stereocenters. The van der Waals surface area contributed by atoms with E-state index in [4.69, 9.17) is 4.98 Å². The summed E-state index contributed by atoms with van der Waals surface area (Å²) < 4.78 is 0.860. The van der Waals surface area contributed by atoms with Crippen molar-refractivity contribution in [1.29, 1.82) is 0 Å². The van der Waals surface area contributed by atoms with E-state index in [0.717, 1.165) is 47.9 Å². The minimum Gasteiger partial charge on any atom is -0.345 e. The third kappa shape index (κ3) is 3.94. The highest BCUT2D eigenvalue weighted by molar-refractivity contribution is 9.10. The Morgan fingerprint density at radius 1 is 1.08 bits per heavy atom. The van der Waals surface area contributed by atoms with Gasteiger partial charge in [-0.05, 0) is 54.0 Å². The van der Waals surface area contributed by atoms with E-state index in [1.54, 1.807) is 11.3 Å². The van der Waals surface area contributed by atoms with E-state index in [9.17, 15) is 4.79 Å². The molecule has 7 heteroatoms. The molecule has 1 amide bonds. The monoisotopic (exact) mass is 434 g/mol. The Kier molecular flexibility index (Phi) is 5.57. The number of carbonyl (C=O) groups excluding carboxylic acids is 1. The largest absolute Gasteiger partial charge is 0.345 e. The molecule has 0 N–H and O–H groups in total. The van der Waals surface area contributed by atoms with Gasteiger partial charge < -0.3 is 9.80 Å². The fourth-order valence-electron chi connectivity index (χ4n) is 3.59. The molecule has 4 rings (SSSR count). The maximum atomic E-state index is 12.7. The van der Waals surface area contributed by atoms with E-state index in [1.807, 2.05) is 29.2 Å². The maximum Gasteiger partial charge on any atom is 0.255 e. The third-order valence-corrected chi connectivity index (χ3v) is 6.71.